The van der Waals surface area contributed by atoms with Gasteiger partial charge in [0, 0.05) is 0 Å². The highest BCUT2D eigenvalue weighted by Crippen LogP contribution is 2.05. The number of nitrogens with one attached hydrogen (secondary N) is 1. The summed E-state index contributed by atoms with van der Waals surface area (Å²) in [7, 11) is -3.31. The van der Waals surface area contributed by atoms with Gasteiger partial charge in [-0.05, 0) is 47.0 Å². The highest BCUT2D eigenvalue weighted by molar-refractivity contribution is 7.85. The van der Waals surface area contributed by atoms with E-state index in [1.807, 2.05) is 27.7 Å². The molecule has 1 N–H and O–H groups in total. The summed E-state index contributed by atoms with van der Waals surface area (Å²) in [4.78, 5) is 5.36. The van der Waals surface area contributed by atoms with E-state index < -0.39 is 10.1 Å². The molecule has 120 valence electrons. The summed E-state index contributed by atoms with van der Waals surface area (Å²) in [5.74, 6) is 0. The molecule has 7 heteroatoms. The smallest absolute Gasteiger partial charge is 0.264 e. The molecule has 6 nitrogen and oxygen atoms in total. The first-order valence-corrected chi connectivity index (χ1v) is 8.48. The van der Waals surface area contributed by atoms with Gasteiger partial charge in [0.25, 0.3) is 10.1 Å². The third-order valence-corrected chi connectivity index (χ3v) is 2.58. The summed E-state index contributed by atoms with van der Waals surface area (Å²) < 4.78 is 31.4. The van der Waals surface area contributed by atoms with E-state index in [1.54, 1.807) is 6.26 Å². The molecule has 0 aromatic carbocycles. The summed E-state index contributed by atoms with van der Waals surface area (Å²) in [5, 5.41) is 0. The van der Waals surface area contributed by atoms with Crippen LogP contribution < -0.4 is 5.48 Å². The van der Waals surface area contributed by atoms with Gasteiger partial charge in [-0.2, -0.15) is 8.42 Å². The van der Waals surface area contributed by atoms with Gasteiger partial charge in [0.05, 0.1) is 30.8 Å². The predicted octanol–water partition coefficient (Wildman–Crippen LogP) is 2.33. The van der Waals surface area contributed by atoms with E-state index in [0.717, 1.165) is 24.8 Å². The largest absolute Gasteiger partial charge is 0.499 e. The molecular weight excluding hydrogens is 282 g/mol. The average molecular weight is 309 g/mol. The average Bonchev–Trinajstić information content (AvgIpc) is 2.27. The first-order valence-electron chi connectivity index (χ1n) is 6.67. The molecule has 0 radical (unpaired) electrons. The number of hydrogen-bond donors (Lipinski definition) is 1. The number of hydrogen-bond acceptors (Lipinski definition) is 6. The Morgan fingerprint density at radius 2 is 1.75 bits per heavy atom. The van der Waals surface area contributed by atoms with Crippen molar-refractivity contribution < 1.29 is 22.2 Å². The lowest BCUT2D eigenvalue weighted by Gasteiger charge is -2.19. The van der Waals surface area contributed by atoms with Crippen molar-refractivity contribution in [2.24, 2.45) is 0 Å². The van der Waals surface area contributed by atoms with Crippen molar-refractivity contribution in [1.82, 2.24) is 5.48 Å². The van der Waals surface area contributed by atoms with E-state index in [1.165, 1.54) is 0 Å². The third-order valence-electron chi connectivity index (χ3n) is 1.98. The molecule has 0 aliphatic heterocycles. The zero-order valence-corrected chi connectivity index (χ0v) is 13.9. The Morgan fingerprint density at radius 1 is 1.15 bits per heavy atom. The maximum atomic E-state index is 10.7. The summed E-state index contributed by atoms with van der Waals surface area (Å²) in [5.41, 5.74) is 3.34. The number of hydroxylamine groups is 1. The van der Waals surface area contributed by atoms with Crippen LogP contribution in [0.4, 0.5) is 0 Å². The molecule has 0 fully saturated rings. The lowest BCUT2D eigenvalue weighted by molar-refractivity contribution is -0.0589. The van der Waals surface area contributed by atoms with Gasteiger partial charge in [-0.15, -0.1) is 0 Å². The Labute approximate surface area is 122 Å². The van der Waals surface area contributed by atoms with Gasteiger partial charge in [0.1, 0.15) is 6.26 Å². The summed E-state index contributed by atoms with van der Waals surface area (Å²) >= 11 is 0. The normalized spacial score (nSPS) is 13.3. The van der Waals surface area contributed by atoms with Gasteiger partial charge in [0.15, 0.2) is 0 Å². The Morgan fingerprint density at radius 3 is 2.30 bits per heavy atom. The molecular formula is C13H27NO5S. The lowest BCUT2D eigenvalue weighted by atomic mass is 10.2. The van der Waals surface area contributed by atoms with Gasteiger partial charge in [-0.1, -0.05) is 0 Å². The Hall–Kier alpha value is -0.790. The Balaban J connectivity index is 3.51. The van der Waals surface area contributed by atoms with Crippen LogP contribution in [0.3, 0.4) is 0 Å². The molecule has 0 atom stereocenters. The van der Waals surface area contributed by atoms with Gasteiger partial charge in [-0.25, -0.2) is 0 Å². The quantitative estimate of drug-likeness (QED) is 0.289. The van der Waals surface area contributed by atoms with E-state index in [2.05, 4.69) is 9.66 Å². The van der Waals surface area contributed by atoms with Crippen molar-refractivity contribution in [1.29, 1.82) is 0 Å². The van der Waals surface area contributed by atoms with Crippen LogP contribution in [0.5, 0.6) is 0 Å². The second kappa shape index (κ2) is 9.20. The Kier molecular flexibility index (Phi) is 8.84. The van der Waals surface area contributed by atoms with E-state index in [9.17, 15) is 8.42 Å². The zero-order valence-electron chi connectivity index (χ0n) is 13.1. The number of unbranched alkanes of at least 4 members (excludes halogenated alkanes) is 2. The maximum absolute atomic E-state index is 10.7. The van der Waals surface area contributed by atoms with Crippen LogP contribution in [0.2, 0.25) is 0 Å². The minimum atomic E-state index is -3.31. The first kappa shape index (κ1) is 19.2. The molecule has 0 saturated carbocycles. The van der Waals surface area contributed by atoms with Crippen molar-refractivity contribution in [2.45, 2.75) is 52.6 Å². The van der Waals surface area contributed by atoms with Gasteiger partial charge < -0.3 is 4.74 Å². The van der Waals surface area contributed by atoms with Crippen molar-refractivity contribution in [3.8, 4) is 0 Å². The molecule has 0 aromatic rings. The van der Waals surface area contributed by atoms with Crippen molar-refractivity contribution in [3.05, 3.63) is 12.0 Å². The van der Waals surface area contributed by atoms with E-state index in [4.69, 9.17) is 9.57 Å². The summed E-state index contributed by atoms with van der Waals surface area (Å²) in [6.45, 7) is 8.51. The fourth-order valence-corrected chi connectivity index (χ4v) is 1.54. The molecule has 0 rings (SSSR count). The standard InChI is InChI=1S/C13H27NO5S/c1-12(14-19-13(2,3)4)11-17-9-7-6-8-10-18-20(5,15)16/h11,14H,6-10H2,1-5H3. The van der Waals surface area contributed by atoms with E-state index in [-0.39, 0.29) is 12.2 Å². The van der Waals surface area contributed by atoms with Gasteiger partial charge >= 0.3 is 0 Å². The second-order valence-corrected chi connectivity index (χ2v) is 7.22. The monoisotopic (exact) mass is 309 g/mol. The van der Waals surface area contributed by atoms with Crippen molar-refractivity contribution in [2.75, 3.05) is 19.5 Å². The molecule has 0 unspecified atom stereocenters. The van der Waals surface area contributed by atoms with Crippen LogP contribution in [0, 0.1) is 0 Å². The van der Waals surface area contributed by atoms with Gasteiger partial charge in [-0.3, -0.25) is 14.5 Å². The molecule has 0 aromatic heterocycles. The molecule has 0 aliphatic carbocycles. The zero-order chi connectivity index (χ0) is 15.6. The minimum Gasteiger partial charge on any atom is -0.499 e. The Bertz CT molecular complexity index is 384. The van der Waals surface area contributed by atoms with Crippen LogP contribution >= 0.6 is 0 Å². The molecule has 0 aliphatic rings. The van der Waals surface area contributed by atoms with Crippen molar-refractivity contribution >= 4 is 10.1 Å². The van der Waals surface area contributed by atoms with Crippen molar-refractivity contribution in [3.63, 3.8) is 0 Å². The van der Waals surface area contributed by atoms with Crippen LogP contribution in [0.25, 0.3) is 0 Å². The predicted molar refractivity (Wildman–Crippen MR) is 78.3 cm³/mol. The van der Waals surface area contributed by atoms with E-state index in [0.29, 0.717) is 13.0 Å². The molecule has 0 saturated heterocycles. The third kappa shape index (κ3) is 15.3. The molecule has 20 heavy (non-hydrogen) atoms. The SMILES string of the molecule is CC(=COCCCCCOS(C)(=O)=O)NOC(C)(C)C. The minimum absolute atomic E-state index is 0.231. The second-order valence-electron chi connectivity index (χ2n) is 5.57. The molecule has 0 spiro atoms. The molecule has 0 amide bonds. The number of rotatable bonds is 10. The maximum Gasteiger partial charge on any atom is 0.264 e. The van der Waals surface area contributed by atoms with Crippen LogP contribution in [-0.2, 0) is 23.9 Å². The molecule has 0 bridgehead atoms. The lowest BCUT2D eigenvalue weighted by Crippen LogP contribution is -2.28. The highest BCUT2D eigenvalue weighted by Gasteiger charge is 2.09. The topological polar surface area (TPSA) is 73.9 Å². The van der Waals surface area contributed by atoms with Crippen LogP contribution in [0.1, 0.15) is 47.0 Å². The highest BCUT2D eigenvalue weighted by atomic mass is 32.2. The van der Waals surface area contributed by atoms with Crippen LogP contribution in [0.15, 0.2) is 12.0 Å². The molecule has 0 heterocycles. The number of ether oxygens (including phenoxy) is 1. The summed E-state index contributed by atoms with van der Waals surface area (Å²) in [6, 6.07) is 0. The summed E-state index contributed by atoms with van der Waals surface area (Å²) in [6.07, 6.45) is 5.06. The fraction of sp³-hybridized carbons (Fsp3) is 0.846. The first-order chi connectivity index (χ1) is 9.10. The fourth-order valence-electron chi connectivity index (χ4n) is 1.12. The van der Waals surface area contributed by atoms with E-state index >= 15 is 0 Å². The van der Waals surface area contributed by atoms with Gasteiger partial charge in [0.2, 0.25) is 0 Å². The number of allylic oxidation sites excluding steroid dienone is 1. The van der Waals surface area contributed by atoms with Crippen LogP contribution in [-0.4, -0.2) is 33.5 Å².